The summed E-state index contributed by atoms with van der Waals surface area (Å²) in [5, 5.41) is 15.7. The summed E-state index contributed by atoms with van der Waals surface area (Å²) in [6, 6.07) is 10.6. The van der Waals surface area contributed by atoms with Gasteiger partial charge in [0.05, 0.1) is 28.0 Å². The number of para-hydroxylation sites is 1. The fourth-order valence-electron chi connectivity index (χ4n) is 3.34. The predicted molar refractivity (Wildman–Crippen MR) is 114 cm³/mol. The number of anilines is 1. The number of benzene rings is 1. The first kappa shape index (κ1) is 19.0. The first-order valence-corrected chi connectivity index (χ1v) is 9.96. The van der Waals surface area contributed by atoms with Gasteiger partial charge in [0.25, 0.3) is 6.47 Å². The summed E-state index contributed by atoms with van der Waals surface area (Å²) in [5.41, 5.74) is 10.1. The van der Waals surface area contributed by atoms with Crippen LogP contribution in [-0.4, -0.2) is 44.4 Å². The molecule has 4 N–H and O–H groups in total. The molecule has 5 rings (SSSR count). The van der Waals surface area contributed by atoms with Gasteiger partial charge in [0.15, 0.2) is 0 Å². The number of thiazole rings is 1. The van der Waals surface area contributed by atoms with Crippen LogP contribution in [-0.2, 0) is 4.79 Å². The van der Waals surface area contributed by atoms with Crippen molar-refractivity contribution in [1.82, 2.24) is 25.1 Å². The van der Waals surface area contributed by atoms with Crippen molar-refractivity contribution >= 4 is 33.8 Å². The average Bonchev–Trinajstić information content (AvgIpc) is 3.48. The third-order valence-electron chi connectivity index (χ3n) is 4.79. The quantitative estimate of drug-likeness (QED) is 0.446. The second-order valence-electron chi connectivity index (χ2n) is 6.60. The number of carbonyl (C=O) groups is 1. The molecule has 1 aromatic carbocycles. The van der Waals surface area contributed by atoms with Gasteiger partial charge in [-0.1, -0.05) is 12.1 Å². The number of carboxylic acid groups (broad SMARTS) is 1. The van der Waals surface area contributed by atoms with E-state index in [1.165, 1.54) is 0 Å². The van der Waals surface area contributed by atoms with Gasteiger partial charge in [-0.15, -0.1) is 11.3 Å². The largest absolute Gasteiger partial charge is 0.483 e. The van der Waals surface area contributed by atoms with Crippen molar-refractivity contribution in [1.29, 1.82) is 0 Å². The molecule has 1 unspecified atom stereocenters. The van der Waals surface area contributed by atoms with Gasteiger partial charge in [-0.2, -0.15) is 5.10 Å². The Morgan fingerprint density at radius 3 is 2.86 bits per heavy atom. The number of hydrogen-bond donors (Lipinski definition) is 3. The van der Waals surface area contributed by atoms with E-state index in [1.54, 1.807) is 17.5 Å². The SMILES string of the molecule is Nc1ncc(-c2cnn(C3CCNC3)c2)cc1-c1nc2ccccc2s1.O=CO. The minimum atomic E-state index is -0.250. The van der Waals surface area contributed by atoms with Crippen molar-refractivity contribution in [3.8, 4) is 21.7 Å². The molecule has 8 nitrogen and oxygen atoms in total. The van der Waals surface area contributed by atoms with Gasteiger partial charge < -0.3 is 16.2 Å². The van der Waals surface area contributed by atoms with E-state index in [9.17, 15) is 0 Å². The number of aromatic nitrogens is 4. The van der Waals surface area contributed by atoms with Crippen LogP contribution >= 0.6 is 11.3 Å². The van der Waals surface area contributed by atoms with Gasteiger partial charge in [-0.25, -0.2) is 9.97 Å². The highest BCUT2D eigenvalue weighted by atomic mass is 32.1. The van der Waals surface area contributed by atoms with Crippen LogP contribution in [0.2, 0.25) is 0 Å². The molecule has 3 aromatic heterocycles. The smallest absolute Gasteiger partial charge is 0.290 e. The minimum absolute atomic E-state index is 0.250. The summed E-state index contributed by atoms with van der Waals surface area (Å²) in [6.45, 7) is 1.77. The average molecular weight is 408 g/mol. The highest BCUT2D eigenvalue weighted by molar-refractivity contribution is 7.21. The number of nitrogens with zero attached hydrogens (tertiary/aromatic N) is 4. The molecule has 0 bridgehead atoms. The number of nitrogens with two attached hydrogens (primary N) is 1. The van der Waals surface area contributed by atoms with Gasteiger partial charge in [0, 0.05) is 30.1 Å². The van der Waals surface area contributed by atoms with E-state index < -0.39 is 0 Å². The number of rotatable bonds is 3. The normalized spacial score (nSPS) is 15.8. The van der Waals surface area contributed by atoms with Crippen LogP contribution < -0.4 is 11.1 Å². The molecular formula is C20H20N6O2S. The molecule has 1 aliphatic heterocycles. The third-order valence-corrected chi connectivity index (χ3v) is 5.86. The van der Waals surface area contributed by atoms with Crippen LogP contribution in [0.4, 0.5) is 5.82 Å². The lowest BCUT2D eigenvalue weighted by atomic mass is 10.1. The van der Waals surface area contributed by atoms with Gasteiger partial charge in [0.1, 0.15) is 10.8 Å². The molecule has 9 heteroatoms. The highest BCUT2D eigenvalue weighted by Crippen LogP contribution is 2.35. The number of fused-ring (bicyclic) bond motifs is 1. The Morgan fingerprint density at radius 2 is 2.10 bits per heavy atom. The van der Waals surface area contributed by atoms with Crippen LogP contribution in [0, 0.1) is 0 Å². The van der Waals surface area contributed by atoms with Crippen molar-refractivity contribution < 1.29 is 9.90 Å². The Labute approximate surface area is 171 Å². The molecular weight excluding hydrogens is 388 g/mol. The summed E-state index contributed by atoms with van der Waals surface area (Å²) < 4.78 is 3.19. The number of hydrogen-bond acceptors (Lipinski definition) is 7. The summed E-state index contributed by atoms with van der Waals surface area (Å²) in [5.74, 6) is 0.500. The molecule has 1 fully saturated rings. The lowest BCUT2D eigenvalue weighted by molar-refractivity contribution is -0.122. The Kier molecular flexibility index (Phi) is 5.50. The summed E-state index contributed by atoms with van der Waals surface area (Å²) in [4.78, 5) is 17.5. The van der Waals surface area contributed by atoms with Crippen molar-refractivity contribution in [2.75, 3.05) is 18.8 Å². The molecule has 29 heavy (non-hydrogen) atoms. The Balaban J connectivity index is 0.000000645. The summed E-state index contributed by atoms with van der Waals surface area (Å²) in [7, 11) is 0. The molecule has 0 amide bonds. The zero-order valence-corrected chi connectivity index (χ0v) is 16.3. The Hall–Kier alpha value is -3.30. The fourth-order valence-corrected chi connectivity index (χ4v) is 4.33. The topological polar surface area (TPSA) is 119 Å². The molecule has 1 aliphatic rings. The van der Waals surface area contributed by atoms with Crippen LogP contribution in [0.5, 0.6) is 0 Å². The first-order chi connectivity index (χ1) is 14.2. The van der Waals surface area contributed by atoms with E-state index in [0.717, 1.165) is 51.4 Å². The summed E-state index contributed by atoms with van der Waals surface area (Å²) >= 11 is 1.63. The van der Waals surface area contributed by atoms with Crippen molar-refractivity contribution in [3.05, 3.63) is 48.9 Å². The maximum atomic E-state index is 8.36. The highest BCUT2D eigenvalue weighted by Gasteiger charge is 2.18. The second-order valence-corrected chi connectivity index (χ2v) is 7.64. The van der Waals surface area contributed by atoms with E-state index >= 15 is 0 Å². The maximum absolute atomic E-state index is 8.36. The third kappa shape index (κ3) is 3.96. The lowest BCUT2D eigenvalue weighted by Crippen LogP contribution is -2.13. The number of nitrogen functional groups attached to an aromatic ring is 1. The van der Waals surface area contributed by atoms with Crippen LogP contribution in [0.25, 0.3) is 31.9 Å². The van der Waals surface area contributed by atoms with Crippen LogP contribution in [0.3, 0.4) is 0 Å². The van der Waals surface area contributed by atoms with Gasteiger partial charge >= 0.3 is 0 Å². The van der Waals surface area contributed by atoms with E-state index in [4.69, 9.17) is 20.6 Å². The fraction of sp³-hybridized carbons (Fsp3) is 0.200. The molecule has 148 valence electrons. The monoisotopic (exact) mass is 408 g/mol. The van der Waals surface area contributed by atoms with Gasteiger partial charge in [0.2, 0.25) is 0 Å². The van der Waals surface area contributed by atoms with Gasteiger partial charge in [-0.3, -0.25) is 9.48 Å². The molecule has 4 heterocycles. The lowest BCUT2D eigenvalue weighted by Gasteiger charge is -2.08. The van der Waals surface area contributed by atoms with Crippen molar-refractivity contribution in [2.24, 2.45) is 0 Å². The molecule has 0 radical (unpaired) electrons. The van der Waals surface area contributed by atoms with E-state index in [2.05, 4.69) is 33.7 Å². The Morgan fingerprint density at radius 1 is 1.28 bits per heavy atom. The molecule has 1 saturated heterocycles. The standard InChI is InChI=1S/C19H18N6S.CH2O2/c20-18-15(19-24-16-3-1-2-4-17(16)26-19)7-12(8-22-18)13-9-23-25(11-13)14-5-6-21-10-14;2-1-3/h1-4,7-9,11,14,21H,5-6,10H2,(H2,20,22);1H,(H,2,3). The number of pyridine rings is 1. The van der Waals surface area contributed by atoms with E-state index in [0.29, 0.717) is 11.9 Å². The molecule has 0 saturated carbocycles. The molecule has 0 spiro atoms. The second kappa shape index (κ2) is 8.38. The van der Waals surface area contributed by atoms with Crippen molar-refractivity contribution in [3.63, 3.8) is 0 Å². The first-order valence-electron chi connectivity index (χ1n) is 9.14. The van der Waals surface area contributed by atoms with Crippen LogP contribution in [0.15, 0.2) is 48.9 Å². The molecule has 0 aliphatic carbocycles. The molecule has 4 aromatic rings. The number of nitrogens with one attached hydrogen (secondary N) is 1. The van der Waals surface area contributed by atoms with E-state index in [1.807, 2.05) is 29.1 Å². The van der Waals surface area contributed by atoms with Crippen molar-refractivity contribution in [2.45, 2.75) is 12.5 Å². The van der Waals surface area contributed by atoms with Crippen LogP contribution in [0.1, 0.15) is 12.5 Å². The summed E-state index contributed by atoms with van der Waals surface area (Å²) in [6.07, 6.45) is 6.90. The van der Waals surface area contributed by atoms with E-state index in [-0.39, 0.29) is 6.47 Å². The predicted octanol–water partition coefficient (Wildman–Crippen LogP) is 3.04. The zero-order chi connectivity index (χ0) is 20.2. The Bertz CT molecular complexity index is 1100. The molecule has 1 atom stereocenters. The zero-order valence-electron chi connectivity index (χ0n) is 15.5. The van der Waals surface area contributed by atoms with Gasteiger partial charge in [-0.05, 0) is 31.2 Å². The maximum Gasteiger partial charge on any atom is 0.290 e. The minimum Gasteiger partial charge on any atom is -0.483 e.